The molecular weight excluding hydrogens is 288 g/mol. The van der Waals surface area contributed by atoms with Crippen molar-refractivity contribution in [3.8, 4) is 5.75 Å². The Bertz CT molecular complexity index is 842. The van der Waals surface area contributed by atoms with Gasteiger partial charge in [0.1, 0.15) is 5.75 Å². The molecule has 0 saturated heterocycles. The summed E-state index contributed by atoms with van der Waals surface area (Å²) < 4.78 is 5.50. The molecule has 1 N–H and O–H groups in total. The van der Waals surface area contributed by atoms with Gasteiger partial charge in [0.05, 0.1) is 11.2 Å². The van der Waals surface area contributed by atoms with Crippen molar-refractivity contribution in [2.75, 3.05) is 11.9 Å². The number of carbonyl (C=O) groups is 1. The number of benzene rings is 2. The summed E-state index contributed by atoms with van der Waals surface area (Å²) in [7, 11) is 0. The fraction of sp³-hybridized carbons (Fsp3) is 0.158. The Morgan fingerprint density at radius 3 is 2.61 bits per heavy atom. The Balaban J connectivity index is 1.69. The number of hydrogen-bond donors (Lipinski definition) is 1. The standard InChI is InChI=1S/C19H18N2O2/c1-13-6-9-15(10-7-13)23-12-19(22)21-18-5-3-4-17-16(18)11-8-14(2)20-17/h3-11H,12H2,1-2H3,(H,21,22). The highest BCUT2D eigenvalue weighted by Crippen LogP contribution is 2.22. The molecule has 4 heteroatoms. The Morgan fingerprint density at radius 2 is 1.83 bits per heavy atom. The lowest BCUT2D eigenvalue weighted by Crippen LogP contribution is -2.20. The van der Waals surface area contributed by atoms with E-state index in [1.807, 2.05) is 68.4 Å². The highest BCUT2D eigenvalue weighted by molar-refractivity contribution is 6.01. The van der Waals surface area contributed by atoms with Gasteiger partial charge < -0.3 is 10.1 Å². The van der Waals surface area contributed by atoms with Crippen molar-refractivity contribution in [3.63, 3.8) is 0 Å². The zero-order chi connectivity index (χ0) is 16.2. The molecule has 0 unspecified atom stereocenters. The van der Waals surface area contributed by atoms with E-state index in [0.717, 1.165) is 27.8 Å². The SMILES string of the molecule is Cc1ccc(OCC(=O)Nc2cccc3nc(C)ccc23)cc1. The Kier molecular flexibility index (Phi) is 4.24. The molecule has 0 fully saturated rings. The monoisotopic (exact) mass is 306 g/mol. The summed E-state index contributed by atoms with van der Waals surface area (Å²) in [5.41, 5.74) is 3.71. The minimum absolute atomic E-state index is 0.0290. The van der Waals surface area contributed by atoms with Crippen LogP contribution in [0.2, 0.25) is 0 Å². The molecule has 2 aromatic carbocycles. The van der Waals surface area contributed by atoms with Crippen LogP contribution in [0.5, 0.6) is 5.75 Å². The van der Waals surface area contributed by atoms with Crippen LogP contribution in [0.1, 0.15) is 11.3 Å². The molecule has 0 bridgehead atoms. The van der Waals surface area contributed by atoms with Crippen molar-refractivity contribution in [1.29, 1.82) is 0 Å². The number of ether oxygens (including phenoxy) is 1. The van der Waals surface area contributed by atoms with E-state index in [1.54, 1.807) is 0 Å². The van der Waals surface area contributed by atoms with E-state index in [1.165, 1.54) is 0 Å². The van der Waals surface area contributed by atoms with Gasteiger partial charge in [0.15, 0.2) is 6.61 Å². The van der Waals surface area contributed by atoms with E-state index in [2.05, 4.69) is 10.3 Å². The van der Waals surface area contributed by atoms with Crippen LogP contribution in [-0.4, -0.2) is 17.5 Å². The summed E-state index contributed by atoms with van der Waals surface area (Å²) in [5.74, 6) is 0.486. The second-order valence-electron chi connectivity index (χ2n) is 5.47. The lowest BCUT2D eigenvalue weighted by Gasteiger charge is -2.10. The van der Waals surface area contributed by atoms with Crippen LogP contribution in [-0.2, 0) is 4.79 Å². The molecule has 1 amide bonds. The fourth-order valence-electron chi connectivity index (χ4n) is 2.34. The minimum atomic E-state index is -0.196. The van der Waals surface area contributed by atoms with Gasteiger partial charge in [-0.25, -0.2) is 0 Å². The summed E-state index contributed by atoms with van der Waals surface area (Å²) in [6.45, 7) is 3.92. The third-order valence-electron chi connectivity index (χ3n) is 3.54. The maximum Gasteiger partial charge on any atom is 0.262 e. The van der Waals surface area contributed by atoms with Gasteiger partial charge in [-0.3, -0.25) is 9.78 Å². The fourth-order valence-corrected chi connectivity index (χ4v) is 2.34. The topological polar surface area (TPSA) is 51.2 Å². The maximum atomic E-state index is 12.1. The smallest absolute Gasteiger partial charge is 0.262 e. The molecule has 0 saturated carbocycles. The largest absolute Gasteiger partial charge is 0.484 e. The highest BCUT2D eigenvalue weighted by Gasteiger charge is 2.07. The van der Waals surface area contributed by atoms with E-state index in [0.29, 0.717) is 5.75 Å². The van der Waals surface area contributed by atoms with Gasteiger partial charge >= 0.3 is 0 Å². The van der Waals surface area contributed by atoms with Crippen LogP contribution in [0.4, 0.5) is 5.69 Å². The van der Waals surface area contributed by atoms with Crippen molar-refractivity contribution in [1.82, 2.24) is 4.98 Å². The summed E-state index contributed by atoms with van der Waals surface area (Å²) in [6.07, 6.45) is 0. The predicted octanol–water partition coefficient (Wildman–Crippen LogP) is 3.87. The van der Waals surface area contributed by atoms with E-state index >= 15 is 0 Å². The quantitative estimate of drug-likeness (QED) is 0.796. The Hall–Kier alpha value is -2.88. The number of rotatable bonds is 4. The third-order valence-corrected chi connectivity index (χ3v) is 3.54. The van der Waals surface area contributed by atoms with E-state index in [4.69, 9.17) is 4.74 Å². The van der Waals surface area contributed by atoms with Gasteiger partial charge in [-0.05, 0) is 50.2 Å². The summed E-state index contributed by atoms with van der Waals surface area (Å²) >= 11 is 0. The lowest BCUT2D eigenvalue weighted by molar-refractivity contribution is -0.118. The second kappa shape index (κ2) is 6.48. The van der Waals surface area contributed by atoms with Gasteiger partial charge in [-0.15, -0.1) is 0 Å². The first-order chi connectivity index (χ1) is 11.1. The minimum Gasteiger partial charge on any atom is -0.484 e. The van der Waals surface area contributed by atoms with Crippen molar-refractivity contribution in [2.45, 2.75) is 13.8 Å². The molecule has 3 aromatic rings. The summed E-state index contributed by atoms with van der Waals surface area (Å²) in [4.78, 5) is 16.6. The molecule has 0 aliphatic carbocycles. The van der Waals surface area contributed by atoms with Crippen LogP contribution in [0.15, 0.2) is 54.6 Å². The van der Waals surface area contributed by atoms with Crippen LogP contribution in [0.3, 0.4) is 0 Å². The first kappa shape index (κ1) is 15.0. The molecule has 0 radical (unpaired) electrons. The zero-order valence-corrected chi connectivity index (χ0v) is 13.2. The summed E-state index contributed by atoms with van der Waals surface area (Å²) in [5, 5.41) is 3.80. The average Bonchev–Trinajstić information content (AvgIpc) is 2.54. The van der Waals surface area contributed by atoms with Gasteiger partial charge in [0, 0.05) is 11.1 Å². The van der Waals surface area contributed by atoms with Gasteiger partial charge in [0.25, 0.3) is 5.91 Å². The van der Waals surface area contributed by atoms with Gasteiger partial charge in [-0.2, -0.15) is 0 Å². The number of nitrogens with zero attached hydrogens (tertiary/aromatic N) is 1. The molecule has 0 aliphatic rings. The van der Waals surface area contributed by atoms with Crippen LogP contribution < -0.4 is 10.1 Å². The van der Waals surface area contributed by atoms with Crippen molar-refractivity contribution in [2.24, 2.45) is 0 Å². The second-order valence-corrected chi connectivity index (χ2v) is 5.47. The van der Waals surface area contributed by atoms with Crippen LogP contribution >= 0.6 is 0 Å². The number of amides is 1. The molecule has 3 rings (SSSR count). The normalized spacial score (nSPS) is 10.5. The number of aromatic nitrogens is 1. The molecular formula is C19H18N2O2. The molecule has 1 aromatic heterocycles. The van der Waals surface area contributed by atoms with Crippen molar-refractivity contribution in [3.05, 3.63) is 65.9 Å². The number of hydrogen-bond acceptors (Lipinski definition) is 3. The molecule has 0 spiro atoms. The van der Waals surface area contributed by atoms with Gasteiger partial charge in [-0.1, -0.05) is 23.8 Å². The van der Waals surface area contributed by atoms with E-state index < -0.39 is 0 Å². The molecule has 116 valence electrons. The zero-order valence-electron chi connectivity index (χ0n) is 13.2. The first-order valence-electron chi connectivity index (χ1n) is 7.47. The van der Waals surface area contributed by atoms with Crippen molar-refractivity contribution < 1.29 is 9.53 Å². The number of pyridine rings is 1. The summed E-state index contributed by atoms with van der Waals surface area (Å²) in [6, 6.07) is 17.2. The van der Waals surface area contributed by atoms with E-state index in [9.17, 15) is 4.79 Å². The first-order valence-corrected chi connectivity index (χ1v) is 7.47. The Labute approximate surface area is 135 Å². The number of nitrogens with one attached hydrogen (secondary N) is 1. The van der Waals surface area contributed by atoms with Crippen molar-refractivity contribution >= 4 is 22.5 Å². The Morgan fingerprint density at radius 1 is 1.04 bits per heavy atom. The number of aryl methyl sites for hydroxylation is 2. The number of anilines is 1. The van der Waals surface area contributed by atoms with E-state index in [-0.39, 0.29) is 12.5 Å². The van der Waals surface area contributed by atoms with Gasteiger partial charge in [0.2, 0.25) is 0 Å². The van der Waals surface area contributed by atoms with Crippen LogP contribution in [0.25, 0.3) is 10.9 Å². The number of carbonyl (C=O) groups excluding carboxylic acids is 1. The predicted molar refractivity (Wildman–Crippen MR) is 91.8 cm³/mol. The molecule has 1 heterocycles. The molecule has 0 aliphatic heterocycles. The average molecular weight is 306 g/mol. The van der Waals surface area contributed by atoms with Crippen LogP contribution in [0, 0.1) is 13.8 Å². The number of fused-ring (bicyclic) bond motifs is 1. The molecule has 4 nitrogen and oxygen atoms in total. The maximum absolute atomic E-state index is 12.1. The highest BCUT2D eigenvalue weighted by atomic mass is 16.5. The third kappa shape index (κ3) is 3.66. The molecule has 23 heavy (non-hydrogen) atoms. The molecule has 0 atom stereocenters. The lowest BCUT2D eigenvalue weighted by atomic mass is 10.1.